The van der Waals surface area contributed by atoms with Gasteiger partial charge in [-0.15, -0.1) is 0 Å². The van der Waals surface area contributed by atoms with Gasteiger partial charge in [0.05, 0.1) is 10.4 Å². The maximum Gasteiger partial charge on any atom is 0.240 e. The molecule has 0 atom stereocenters. The van der Waals surface area contributed by atoms with Gasteiger partial charge in [0.15, 0.2) is 0 Å². The molecule has 0 saturated heterocycles. The zero-order chi connectivity index (χ0) is 24.8. The lowest BCUT2D eigenvalue weighted by Gasteiger charge is -2.29. The number of nitrogens with zero attached hydrogens (tertiary/aromatic N) is 3. The quantitative estimate of drug-likeness (QED) is 0.344. The highest BCUT2D eigenvalue weighted by molar-refractivity contribution is 9.10. The van der Waals surface area contributed by atoms with Crippen LogP contribution >= 0.6 is 15.9 Å². The van der Waals surface area contributed by atoms with E-state index < -0.39 is 10.0 Å². The van der Waals surface area contributed by atoms with Crippen molar-refractivity contribution < 1.29 is 8.42 Å². The second kappa shape index (κ2) is 11.7. The molecule has 0 bridgehead atoms. The fraction of sp³-hybridized carbons (Fsp3) is 0.462. The number of para-hydroxylation sites is 1. The first kappa shape index (κ1) is 25.9. The van der Waals surface area contributed by atoms with Crippen molar-refractivity contribution in [2.45, 2.75) is 44.4 Å². The lowest BCUT2D eigenvalue weighted by molar-refractivity contribution is 0.284. The largest absolute Gasteiger partial charge is 0.356 e. The molecular formula is C26H34BrN5O2S. The fourth-order valence-corrected chi connectivity index (χ4v) is 6.08. The number of hydrogen-bond donors (Lipinski definition) is 2. The lowest BCUT2D eigenvalue weighted by Crippen LogP contribution is -2.32. The Morgan fingerprint density at radius 3 is 2.20 bits per heavy atom. The first-order valence-electron chi connectivity index (χ1n) is 12.4. The van der Waals surface area contributed by atoms with Crippen LogP contribution in [0.25, 0.3) is 10.9 Å². The van der Waals surface area contributed by atoms with E-state index in [0.717, 1.165) is 66.5 Å². The van der Waals surface area contributed by atoms with E-state index >= 15 is 0 Å². The third-order valence-corrected chi connectivity index (χ3v) is 8.82. The van der Waals surface area contributed by atoms with Gasteiger partial charge in [-0.05, 0) is 87.8 Å². The number of rotatable bonds is 10. The van der Waals surface area contributed by atoms with Gasteiger partial charge in [0.25, 0.3) is 0 Å². The Morgan fingerprint density at radius 2 is 1.54 bits per heavy atom. The van der Waals surface area contributed by atoms with Gasteiger partial charge in [0.1, 0.15) is 5.82 Å². The van der Waals surface area contributed by atoms with Crippen LogP contribution in [0.2, 0.25) is 0 Å². The highest BCUT2D eigenvalue weighted by Gasteiger charge is 2.24. The Bertz CT molecular complexity index is 1220. The molecule has 35 heavy (non-hydrogen) atoms. The summed E-state index contributed by atoms with van der Waals surface area (Å²) in [7, 11) is -3.47. The summed E-state index contributed by atoms with van der Waals surface area (Å²) in [6.07, 6.45) is 4.15. The second-order valence-electron chi connectivity index (χ2n) is 9.13. The predicted octanol–water partition coefficient (Wildman–Crippen LogP) is 5.44. The van der Waals surface area contributed by atoms with Gasteiger partial charge in [-0.3, -0.25) is 0 Å². The Morgan fingerprint density at radius 1 is 0.914 bits per heavy atom. The molecule has 9 heteroatoms. The number of aromatic nitrogens is 2. The number of sulfonamides is 1. The van der Waals surface area contributed by atoms with Gasteiger partial charge in [-0.1, -0.05) is 28.1 Å². The molecule has 4 rings (SSSR count). The van der Waals surface area contributed by atoms with E-state index in [9.17, 15) is 8.42 Å². The molecule has 0 unspecified atom stereocenters. The Hall–Kier alpha value is -2.23. The lowest BCUT2D eigenvalue weighted by atomic mass is 9.82. The van der Waals surface area contributed by atoms with Gasteiger partial charge >= 0.3 is 0 Å². The third-order valence-electron chi connectivity index (χ3n) is 6.85. The standard InChI is InChI=1S/C26H34BrN5O2S/c1-3-32(4-2)25-23-7-5-6-8-24(23)30-26(31-25)28-17-19-9-11-20(12-10-19)18-29-35(33,34)22-15-13-21(27)14-16-22/h5-8,13-16,19-20,29H,3-4,9-12,17-18H2,1-2H3,(H,28,30,31). The number of anilines is 2. The first-order chi connectivity index (χ1) is 16.9. The number of benzene rings is 2. The van der Waals surface area contributed by atoms with Gasteiger partial charge in [0, 0.05) is 36.0 Å². The molecule has 3 aromatic rings. The van der Waals surface area contributed by atoms with E-state index in [-0.39, 0.29) is 0 Å². The summed E-state index contributed by atoms with van der Waals surface area (Å²) in [4.78, 5) is 12.2. The summed E-state index contributed by atoms with van der Waals surface area (Å²) < 4.78 is 28.8. The van der Waals surface area contributed by atoms with E-state index in [1.807, 2.05) is 18.2 Å². The van der Waals surface area contributed by atoms with Crippen LogP contribution in [0.4, 0.5) is 11.8 Å². The van der Waals surface area contributed by atoms with E-state index in [0.29, 0.717) is 29.2 Å². The maximum absolute atomic E-state index is 12.6. The summed E-state index contributed by atoms with van der Waals surface area (Å²) >= 11 is 3.34. The average molecular weight is 561 g/mol. The molecular weight excluding hydrogens is 526 g/mol. The molecule has 1 aliphatic rings. The number of hydrogen-bond acceptors (Lipinski definition) is 6. The van der Waals surface area contributed by atoms with Gasteiger partial charge < -0.3 is 10.2 Å². The van der Waals surface area contributed by atoms with Gasteiger partial charge in [0.2, 0.25) is 16.0 Å². The van der Waals surface area contributed by atoms with Crippen LogP contribution in [0.5, 0.6) is 0 Å². The fourth-order valence-electron chi connectivity index (χ4n) is 4.70. The molecule has 0 radical (unpaired) electrons. The van der Waals surface area contributed by atoms with Crippen molar-refractivity contribution in [2.75, 3.05) is 36.4 Å². The topological polar surface area (TPSA) is 87.2 Å². The molecule has 1 fully saturated rings. The first-order valence-corrected chi connectivity index (χ1v) is 14.7. The van der Waals surface area contributed by atoms with Gasteiger partial charge in [-0.25, -0.2) is 18.1 Å². The zero-order valence-electron chi connectivity index (χ0n) is 20.4. The zero-order valence-corrected chi connectivity index (χ0v) is 22.8. The van der Waals surface area contributed by atoms with Crippen LogP contribution < -0.4 is 14.9 Å². The molecule has 2 aromatic carbocycles. The number of nitrogens with one attached hydrogen (secondary N) is 2. The molecule has 2 N–H and O–H groups in total. The minimum Gasteiger partial charge on any atom is -0.356 e. The van der Waals surface area contributed by atoms with Crippen LogP contribution in [-0.2, 0) is 10.0 Å². The minimum atomic E-state index is -3.47. The van der Waals surface area contributed by atoms with Crippen LogP contribution in [0.15, 0.2) is 57.9 Å². The normalized spacial score (nSPS) is 18.5. The second-order valence-corrected chi connectivity index (χ2v) is 11.8. The monoisotopic (exact) mass is 559 g/mol. The molecule has 0 aliphatic heterocycles. The molecule has 1 saturated carbocycles. The Labute approximate surface area is 216 Å². The van der Waals surface area contributed by atoms with Crippen molar-refractivity contribution in [2.24, 2.45) is 11.8 Å². The molecule has 1 aromatic heterocycles. The third kappa shape index (κ3) is 6.51. The van der Waals surface area contributed by atoms with Crippen LogP contribution in [-0.4, -0.2) is 44.6 Å². The van der Waals surface area contributed by atoms with Gasteiger partial charge in [-0.2, -0.15) is 4.98 Å². The summed E-state index contributed by atoms with van der Waals surface area (Å²) in [5.41, 5.74) is 0.952. The maximum atomic E-state index is 12.6. The van der Waals surface area contributed by atoms with Crippen molar-refractivity contribution in [3.05, 3.63) is 53.0 Å². The van der Waals surface area contributed by atoms with Crippen molar-refractivity contribution in [3.63, 3.8) is 0 Å². The smallest absolute Gasteiger partial charge is 0.240 e. The summed E-state index contributed by atoms with van der Waals surface area (Å²) in [5.74, 6) is 2.55. The van der Waals surface area contributed by atoms with Crippen molar-refractivity contribution >= 4 is 48.6 Å². The summed E-state index contributed by atoms with van der Waals surface area (Å²) in [6.45, 7) is 7.39. The summed E-state index contributed by atoms with van der Waals surface area (Å²) in [5, 5.41) is 4.56. The molecule has 0 spiro atoms. The Kier molecular flexibility index (Phi) is 8.62. The SMILES string of the molecule is CCN(CC)c1nc(NCC2CCC(CNS(=O)(=O)c3ccc(Br)cc3)CC2)nc2ccccc12. The number of halogens is 1. The van der Waals surface area contributed by atoms with Crippen LogP contribution in [0.1, 0.15) is 39.5 Å². The molecule has 7 nitrogen and oxygen atoms in total. The highest BCUT2D eigenvalue weighted by Crippen LogP contribution is 2.30. The van der Waals surface area contributed by atoms with E-state index in [2.05, 4.69) is 50.8 Å². The van der Waals surface area contributed by atoms with Crippen LogP contribution in [0, 0.1) is 11.8 Å². The van der Waals surface area contributed by atoms with E-state index in [1.54, 1.807) is 24.3 Å². The molecule has 188 valence electrons. The minimum absolute atomic E-state index is 0.304. The van der Waals surface area contributed by atoms with E-state index in [4.69, 9.17) is 9.97 Å². The number of fused-ring (bicyclic) bond motifs is 1. The predicted molar refractivity (Wildman–Crippen MR) is 146 cm³/mol. The molecule has 1 aliphatic carbocycles. The van der Waals surface area contributed by atoms with Crippen molar-refractivity contribution in [3.8, 4) is 0 Å². The van der Waals surface area contributed by atoms with Crippen LogP contribution in [0.3, 0.4) is 0 Å². The highest BCUT2D eigenvalue weighted by atomic mass is 79.9. The average Bonchev–Trinajstić information content (AvgIpc) is 2.88. The van der Waals surface area contributed by atoms with E-state index in [1.165, 1.54) is 0 Å². The Balaban J connectivity index is 1.30. The summed E-state index contributed by atoms with van der Waals surface area (Å²) in [6, 6.07) is 14.9. The molecule has 0 amide bonds. The van der Waals surface area contributed by atoms with Crippen molar-refractivity contribution in [1.29, 1.82) is 0 Å². The molecule has 1 heterocycles. The van der Waals surface area contributed by atoms with Crippen molar-refractivity contribution in [1.82, 2.24) is 14.7 Å².